The van der Waals surface area contributed by atoms with Gasteiger partial charge in [0.05, 0.1) is 11.4 Å². The Hall–Kier alpha value is -2.36. The van der Waals surface area contributed by atoms with Crippen LogP contribution in [0.1, 0.15) is 19.0 Å². The monoisotopic (exact) mass is 282 g/mol. The molecule has 2 heterocycles. The summed E-state index contributed by atoms with van der Waals surface area (Å²) in [5.41, 5.74) is 1.90. The summed E-state index contributed by atoms with van der Waals surface area (Å²) in [5, 5.41) is 0. The molecule has 0 saturated carbocycles. The molecule has 1 aromatic heterocycles. The highest BCUT2D eigenvalue weighted by Crippen LogP contribution is 2.26. The van der Waals surface area contributed by atoms with Crippen molar-refractivity contribution in [3.05, 3.63) is 54.4 Å². The topological polar surface area (TPSA) is 42.4 Å². The predicted molar refractivity (Wildman–Crippen MR) is 81.4 cm³/mol. The molecule has 0 spiro atoms. The van der Waals surface area contributed by atoms with Crippen LogP contribution in [0, 0.1) is 0 Å². The van der Waals surface area contributed by atoms with Gasteiger partial charge < -0.3 is 9.64 Å². The number of para-hydroxylation sites is 1. The molecule has 1 atom stereocenters. The molecular formula is C17H18N2O2. The number of pyridine rings is 1. The van der Waals surface area contributed by atoms with Gasteiger partial charge in [-0.15, -0.1) is 0 Å². The summed E-state index contributed by atoms with van der Waals surface area (Å²) in [6, 6.07) is 13.2. The molecular weight excluding hydrogens is 264 g/mol. The Labute approximate surface area is 124 Å². The lowest BCUT2D eigenvalue weighted by molar-refractivity contribution is -0.124. The Morgan fingerprint density at radius 3 is 2.86 bits per heavy atom. The number of carbonyl (C=O) groups is 1. The Bertz CT molecular complexity index is 628. The van der Waals surface area contributed by atoms with Crippen molar-refractivity contribution in [1.29, 1.82) is 0 Å². The number of amides is 1. The first-order valence-corrected chi connectivity index (χ1v) is 7.22. The van der Waals surface area contributed by atoms with E-state index >= 15 is 0 Å². The Balaban J connectivity index is 1.77. The van der Waals surface area contributed by atoms with Gasteiger partial charge in [-0.05, 0) is 44.0 Å². The molecule has 0 bridgehead atoms. The number of aryl methyl sites for hydroxylation is 1. The molecule has 0 aliphatic carbocycles. The first-order valence-electron chi connectivity index (χ1n) is 7.22. The first kappa shape index (κ1) is 13.6. The van der Waals surface area contributed by atoms with Crippen LogP contribution in [-0.2, 0) is 11.2 Å². The molecule has 0 saturated heterocycles. The minimum absolute atomic E-state index is 0.0206. The number of rotatable bonds is 3. The smallest absolute Gasteiger partial charge is 0.267 e. The van der Waals surface area contributed by atoms with Gasteiger partial charge in [-0.25, -0.2) is 0 Å². The molecule has 1 aromatic carbocycles. The van der Waals surface area contributed by atoms with Crippen molar-refractivity contribution in [2.45, 2.75) is 25.9 Å². The zero-order chi connectivity index (χ0) is 14.7. The SMILES string of the molecule is C[C@@H](Oc1ccccc1)C(=O)N1CCCc2ncccc21. The maximum absolute atomic E-state index is 12.6. The van der Waals surface area contributed by atoms with Gasteiger partial charge in [0.15, 0.2) is 6.10 Å². The quantitative estimate of drug-likeness (QED) is 0.869. The van der Waals surface area contributed by atoms with E-state index in [-0.39, 0.29) is 5.91 Å². The first-order chi connectivity index (χ1) is 10.3. The van der Waals surface area contributed by atoms with Crippen molar-refractivity contribution in [2.24, 2.45) is 0 Å². The number of benzene rings is 1. The maximum Gasteiger partial charge on any atom is 0.267 e. The van der Waals surface area contributed by atoms with Crippen molar-refractivity contribution >= 4 is 11.6 Å². The average Bonchev–Trinajstić information content (AvgIpc) is 2.54. The highest BCUT2D eigenvalue weighted by Gasteiger charge is 2.27. The van der Waals surface area contributed by atoms with E-state index in [0.717, 1.165) is 30.8 Å². The van der Waals surface area contributed by atoms with Gasteiger partial charge in [0.2, 0.25) is 0 Å². The molecule has 1 aliphatic heterocycles. The van der Waals surface area contributed by atoms with Crippen LogP contribution in [0.5, 0.6) is 5.75 Å². The summed E-state index contributed by atoms with van der Waals surface area (Å²) < 4.78 is 5.73. The number of hydrogen-bond donors (Lipinski definition) is 0. The van der Waals surface area contributed by atoms with Crippen LogP contribution in [0.2, 0.25) is 0 Å². The zero-order valence-corrected chi connectivity index (χ0v) is 12.0. The van der Waals surface area contributed by atoms with Crippen LogP contribution in [-0.4, -0.2) is 23.5 Å². The van der Waals surface area contributed by atoms with Crippen molar-refractivity contribution in [3.63, 3.8) is 0 Å². The Kier molecular flexibility index (Phi) is 3.86. The fourth-order valence-corrected chi connectivity index (χ4v) is 2.59. The maximum atomic E-state index is 12.6. The number of carbonyl (C=O) groups excluding carboxylic acids is 1. The summed E-state index contributed by atoms with van der Waals surface area (Å²) >= 11 is 0. The van der Waals surface area contributed by atoms with Crippen LogP contribution < -0.4 is 9.64 Å². The molecule has 4 nitrogen and oxygen atoms in total. The Morgan fingerprint density at radius 2 is 2.05 bits per heavy atom. The van der Waals surface area contributed by atoms with Crippen LogP contribution in [0.25, 0.3) is 0 Å². The fourth-order valence-electron chi connectivity index (χ4n) is 2.59. The minimum Gasteiger partial charge on any atom is -0.481 e. The van der Waals surface area contributed by atoms with E-state index in [4.69, 9.17) is 4.74 Å². The largest absolute Gasteiger partial charge is 0.481 e. The zero-order valence-electron chi connectivity index (χ0n) is 12.0. The number of anilines is 1. The third-order valence-corrected chi connectivity index (χ3v) is 3.62. The van der Waals surface area contributed by atoms with E-state index in [2.05, 4.69) is 4.98 Å². The lowest BCUT2D eigenvalue weighted by Gasteiger charge is -2.30. The van der Waals surface area contributed by atoms with Crippen molar-refractivity contribution in [1.82, 2.24) is 4.98 Å². The van der Waals surface area contributed by atoms with Crippen molar-refractivity contribution in [2.75, 3.05) is 11.4 Å². The molecule has 108 valence electrons. The number of aromatic nitrogens is 1. The molecule has 21 heavy (non-hydrogen) atoms. The van der Waals surface area contributed by atoms with Gasteiger partial charge in [-0.2, -0.15) is 0 Å². The van der Waals surface area contributed by atoms with E-state index in [0.29, 0.717) is 5.75 Å². The molecule has 2 aromatic rings. The van der Waals surface area contributed by atoms with Crippen LogP contribution in [0.4, 0.5) is 5.69 Å². The lowest BCUT2D eigenvalue weighted by Crippen LogP contribution is -2.43. The molecule has 0 unspecified atom stereocenters. The molecule has 3 rings (SSSR count). The molecule has 4 heteroatoms. The standard InChI is InChI=1S/C17H18N2O2/c1-13(21-14-7-3-2-4-8-14)17(20)19-12-6-9-15-16(19)10-5-11-18-15/h2-5,7-8,10-11,13H,6,9,12H2,1H3/t13-/m1/s1. The second kappa shape index (κ2) is 5.95. The van der Waals surface area contributed by atoms with Gasteiger partial charge in [0, 0.05) is 12.7 Å². The Morgan fingerprint density at radius 1 is 1.24 bits per heavy atom. The van der Waals surface area contributed by atoms with E-state index in [9.17, 15) is 4.79 Å². The van der Waals surface area contributed by atoms with Crippen LogP contribution in [0.3, 0.4) is 0 Å². The number of nitrogens with zero attached hydrogens (tertiary/aromatic N) is 2. The summed E-state index contributed by atoms with van der Waals surface area (Å²) in [6.45, 7) is 2.51. The lowest BCUT2D eigenvalue weighted by atomic mass is 10.1. The molecule has 1 amide bonds. The van der Waals surface area contributed by atoms with Gasteiger partial charge in [0.1, 0.15) is 5.75 Å². The summed E-state index contributed by atoms with van der Waals surface area (Å²) in [4.78, 5) is 18.8. The number of hydrogen-bond acceptors (Lipinski definition) is 3. The summed E-state index contributed by atoms with van der Waals surface area (Å²) in [5.74, 6) is 0.689. The molecule has 0 radical (unpaired) electrons. The van der Waals surface area contributed by atoms with Gasteiger partial charge >= 0.3 is 0 Å². The average molecular weight is 282 g/mol. The summed E-state index contributed by atoms with van der Waals surface area (Å²) in [6.07, 6.45) is 3.12. The van der Waals surface area contributed by atoms with E-state index in [1.165, 1.54) is 0 Å². The highest BCUT2D eigenvalue weighted by atomic mass is 16.5. The predicted octanol–water partition coefficient (Wildman–Crippen LogP) is 2.83. The fraction of sp³-hybridized carbons (Fsp3) is 0.294. The summed E-state index contributed by atoms with van der Waals surface area (Å²) in [7, 11) is 0. The minimum atomic E-state index is -0.515. The van der Waals surface area contributed by atoms with Crippen LogP contribution in [0.15, 0.2) is 48.7 Å². The van der Waals surface area contributed by atoms with E-state index < -0.39 is 6.10 Å². The number of ether oxygens (including phenoxy) is 1. The van der Waals surface area contributed by atoms with Gasteiger partial charge in [-0.1, -0.05) is 18.2 Å². The highest BCUT2D eigenvalue weighted by molar-refractivity contribution is 5.97. The molecule has 1 aliphatic rings. The third kappa shape index (κ3) is 2.89. The second-order valence-corrected chi connectivity index (χ2v) is 5.14. The van der Waals surface area contributed by atoms with E-state index in [1.807, 2.05) is 42.5 Å². The normalized spacial score (nSPS) is 15.2. The van der Waals surface area contributed by atoms with Crippen molar-refractivity contribution < 1.29 is 9.53 Å². The van der Waals surface area contributed by atoms with Crippen molar-refractivity contribution in [3.8, 4) is 5.75 Å². The molecule has 0 fully saturated rings. The van der Waals surface area contributed by atoms with Gasteiger partial charge in [0.25, 0.3) is 5.91 Å². The number of fused-ring (bicyclic) bond motifs is 1. The second-order valence-electron chi connectivity index (χ2n) is 5.14. The third-order valence-electron chi connectivity index (χ3n) is 3.62. The molecule has 0 N–H and O–H groups in total. The van der Waals surface area contributed by atoms with E-state index in [1.54, 1.807) is 18.0 Å². The van der Waals surface area contributed by atoms with Crippen LogP contribution >= 0.6 is 0 Å². The van der Waals surface area contributed by atoms with Gasteiger partial charge in [-0.3, -0.25) is 9.78 Å².